The first-order chi connectivity index (χ1) is 15.9. The van der Waals surface area contributed by atoms with Crippen LogP contribution < -0.4 is 5.32 Å². The Hall–Kier alpha value is -2.00. The summed E-state index contributed by atoms with van der Waals surface area (Å²) < 4.78 is 27.8. The van der Waals surface area contributed by atoms with E-state index in [-0.39, 0.29) is 11.8 Å². The van der Waals surface area contributed by atoms with Gasteiger partial charge >= 0.3 is 0 Å². The highest BCUT2D eigenvalue weighted by Crippen LogP contribution is 2.26. The molecule has 2 fully saturated rings. The number of nitrogens with zero attached hydrogens (tertiary/aromatic N) is 3. The molecule has 2 saturated heterocycles. The fourth-order valence-electron chi connectivity index (χ4n) is 4.72. The second-order valence-electron chi connectivity index (χ2n) is 9.33. The highest BCUT2D eigenvalue weighted by atomic mass is 32.2. The van der Waals surface area contributed by atoms with Gasteiger partial charge in [0.05, 0.1) is 4.90 Å². The molecule has 0 atom stereocenters. The lowest BCUT2D eigenvalue weighted by molar-refractivity contribution is -0.126. The number of hydrogen-bond acceptors (Lipinski definition) is 5. The molecule has 4 rings (SSSR count). The topological polar surface area (TPSA) is 73.0 Å². The molecule has 2 heterocycles. The van der Waals surface area contributed by atoms with Crippen molar-refractivity contribution in [3.05, 3.63) is 42.5 Å². The zero-order valence-electron chi connectivity index (χ0n) is 19.6. The molecule has 0 saturated carbocycles. The maximum atomic E-state index is 13.1. The number of hydrogen-bond donors (Lipinski definition) is 1. The van der Waals surface area contributed by atoms with Crippen LogP contribution in [0.15, 0.2) is 47.4 Å². The van der Waals surface area contributed by atoms with Crippen molar-refractivity contribution in [1.82, 2.24) is 19.4 Å². The van der Waals surface area contributed by atoms with Crippen molar-refractivity contribution >= 4 is 26.7 Å². The molecule has 33 heavy (non-hydrogen) atoms. The van der Waals surface area contributed by atoms with Gasteiger partial charge in [0.1, 0.15) is 0 Å². The molecule has 0 radical (unpaired) electrons. The summed E-state index contributed by atoms with van der Waals surface area (Å²) in [5, 5.41) is 5.01. The van der Waals surface area contributed by atoms with E-state index in [1.54, 1.807) is 12.1 Å². The quantitative estimate of drug-likeness (QED) is 0.598. The number of piperazine rings is 1. The highest BCUT2D eigenvalue weighted by molar-refractivity contribution is 7.89. The van der Waals surface area contributed by atoms with E-state index in [1.807, 2.05) is 30.3 Å². The summed E-state index contributed by atoms with van der Waals surface area (Å²) in [6.07, 6.45) is 3.21. The number of likely N-dealkylation sites (N-methyl/N-ethyl adjacent to an activating group) is 1. The van der Waals surface area contributed by atoms with Crippen molar-refractivity contribution in [3.8, 4) is 0 Å². The third-order valence-electron chi connectivity index (χ3n) is 6.98. The minimum Gasteiger partial charge on any atom is -0.356 e. The predicted molar refractivity (Wildman–Crippen MR) is 132 cm³/mol. The normalized spacial score (nSPS) is 19.7. The van der Waals surface area contributed by atoms with Crippen molar-refractivity contribution < 1.29 is 13.2 Å². The minimum atomic E-state index is -3.55. The molecule has 1 amide bonds. The van der Waals surface area contributed by atoms with Crippen molar-refractivity contribution in [2.45, 2.75) is 30.6 Å². The first-order valence-corrected chi connectivity index (χ1v) is 13.5. The summed E-state index contributed by atoms with van der Waals surface area (Å²) in [5.41, 5.74) is 0. The monoisotopic (exact) mass is 472 g/mol. The van der Waals surface area contributed by atoms with Gasteiger partial charge in [0.15, 0.2) is 0 Å². The average Bonchev–Trinajstić information content (AvgIpc) is 2.84. The highest BCUT2D eigenvalue weighted by Gasteiger charge is 2.32. The molecule has 2 aliphatic rings. The van der Waals surface area contributed by atoms with Crippen LogP contribution in [0.2, 0.25) is 0 Å². The van der Waals surface area contributed by atoms with Crippen LogP contribution in [-0.4, -0.2) is 87.8 Å². The van der Waals surface area contributed by atoms with E-state index in [0.29, 0.717) is 37.4 Å². The Morgan fingerprint density at radius 1 is 0.939 bits per heavy atom. The minimum absolute atomic E-state index is 0.0670. The summed E-state index contributed by atoms with van der Waals surface area (Å²) in [5.74, 6) is -0.0389. The zero-order chi connectivity index (χ0) is 23.3. The smallest absolute Gasteiger partial charge is 0.243 e. The molecule has 0 bridgehead atoms. The number of nitrogens with one attached hydrogen (secondary N) is 1. The fraction of sp³-hybridized carbons (Fsp3) is 0.560. The largest absolute Gasteiger partial charge is 0.356 e. The van der Waals surface area contributed by atoms with Crippen LogP contribution in [0.5, 0.6) is 0 Å². The molecular weight excluding hydrogens is 436 g/mol. The molecule has 0 aliphatic carbocycles. The van der Waals surface area contributed by atoms with E-state index in [2.05, 4.69) is 22.2 Å². The molecule has 0 spiro atoms. The number of fused-ring (bicyclic) bond motifs is 1. The molecule has 8 heteroatoms. The molecule has 180 valence electrons. The predicted octanol–water partition coefficient (Wildman–Crippen LogP) is 2.38. The Morgan fingerprint density at radius 2 is 1.64 bits per heavy atom. The lowest BCUT2D eigenvalue weighted by Gasteiger charge is -2.32. The Kier molecular flexibility index (Phi) is 8.01. The Bertz CT molecular complexity index is 1040. The van der Waals surface area contributed by atoms with Crippen molar-refractivity contribution in [2.24, 2.45) is 5.92 Å². The molecule has 2 aromatic carbocycles. The average molecular weight is 473 g/mol. The Balaban J connectivity index is 1.19. The first kappa shape index (κ1) is 24.1. The van der Waals surface area contributed by atoms with Crippen molar-refractivity contribution in [2.75, 3.05) is 59.4 Å². The molecule has 0 unspecified atom stereocenters. The van der Waals surface area contributed by atoms with Crippen LogP contribution in [0.3, 0.4) is 0 Å². The van der Waals surface area contributed by atoms with Gasteiger partial charge in [0.2, 0.25) is 15.9 Å². The van der Waals surface area contributed by atoms with Gasteiger partial charge < -0.3 is 15.1 Å². The number of carbonyl (C=O) groups excluding carboxylic acids is 1. The van der Waals surface area contributed by atoms with Gasteiger partial charge in [-0.05, 0) is 62.2 Å². The van der Waals surface area contributed by atoms with Crippen LogP contribution >= 0.6 is 0 Å². The number of sulfonamides is 1. The van der Waals surface area contributed by atoms with Crippen LogP contribution in [-0.2, 0) is 14.8 Å². The molecule has 2 aromatic rings. The number of piperidine rings is 1. The molecular formula is C25H36N4O3S. The zero-order valence-corrected chi connectivity index (χ0v) is 20.4. The molecule has 1 N–H and O–H groups in total. The third-order valence-corrected chi connectivity index (χ3v) is 8.87. The third kappa shape index (κ3) is 6.12. The summed E-state index contributed by atoms with van der Waals surface area (Å²) in [6, 6.07) is 13.0. The van der Waals surface area contributed by atoms with E-state index in [9.17, 15) is 13.2 Å². The van der Waals surface area contributed by atoms with Gasteiger partial charge in [-0.25, -0.2) is 8.42 Å². The van der Waals surface area contributed by atoms with Gasteiger partial charge in [-0.1, -0.05) is 30.3 Å². The van der Waals surface area contributed by atoms with Crippen LogP contribution in [0, 0.1) is 5.92 Å². The van der Waals surface area contributed by atoms with Crippen molar-refractivity contribution in [1.29, 1.82) is 0 Å². The maximum absolute atomic E-state index is 13.1. The number of unbranched alkanes of at least 4 members (excludes halogenated alkanes) is 1. The van der Waals surface area contributed by atoms with E-state index in [4.69, 9.17) is 0 Å². The standard InChI is InChI=1S/C25H36N4O3S/c1-27-16-18-28(19-17-27)13-5-4-12-26-25(30)22-10-14-29(15-11-22)33(31,32)24-9-8-21-6-2-3-7-23(21)20-24/h2-3,6-9,20,22H,4-5,10-19H2,1H3,(H,26,30). The maximum Gasteiger partial charge on any atom is 0.243 e. The van der Waals surface area contributed by atoms with E-state index in [1.165, 1.54) is 4.31 Å². The second-order valence-corrected chi connectivity index (χ2v) is 11.3. The van der Waals surface area contributed by atoms with E-state index < -0.39 is 10.0 Å². The number of benzene rings is 2. The van der Waals surface area contributed by atoms with Crippen molar-refractivity contribution in [3.63, 3.8) is 0 Å². The molecule has 0 aromatic heterocycles. The van der Waals surface area contributed by atoms with Gasteiger partial charge in [-0.15, -0.1) is 0 Å². The van der Waals surface area contributed by atoms with Crippen LogP contribution in [0.25, 0.3) is 10.8 Å². The number of carbonyl (C=O) groups is 1. The first-order valence-electron chi connectivity index (χ1n) is 12.1. The van der Waals surface area contributed by atoms with E-state index >= 15 is 0 Å². The Morgan fingerprint density at radius 3 is 2.36 bits per heavy atom. The van der Waals surface area contributed by atoms with Gasteiger partial charge in [-0.3, -0.25) is 4.79 Å². The van der Waals surface area contributed by atoms with Gasteiger partial charge in [-0.2, -0.15) is 4.31 Å². The summed E-state index contributed by atoms with van der Waals surface area (Å²) in [4.78, 5) is 17.8. The number of rotatable bonds is 8. The van der Waals surface area contributed by atoms with Gasteiger partial charge in [0.25, 0.3) is 0 Å². The van der Waals surface area contributed by atoms with E-state index in [0.717, 1.165) is 56.3 Å². The number of amides is 1. The van der Waals surface area contributed by atoms with Crippen LogP contribution in [0.4, 0.5) is 0 Å². The summed E-state index contributed by atoms with van der Waals surface area (Å²) in [6.45, 7) is 7.08. The summed E-state index contributed by atoms with van der Waals surface area (Å²) >= 11 is 0. The lowest BCUT2D eigenvalue weighted by Crippen LogP contribution is -2.45. The lowest BCUT2D eigenvalue weighted by atomic mass is 9.97. The fourth-order valence-corrected chi connectivity index (χ4v) is 6.23. The van der Waals surface area contributed by atoms with Gasteiger partial charge in [0, 0.05) is 51.7 Å². The second kappa shape index (κ2) is 11.0. The summed E-state index contributed by atoms with van der Waals surface area (Å²) in [7, 11) is -1.38. The molecule has 2 aliphatic heterocycles. The Labute approximate surface area is 197 Å². The van der Waals surface area contributed by atoms with Crippen LogP contribution in [0.1, 0.15) is 25.7 Å². The SMILES string of the molecule is CN1CCN(CCCCNC(=O)C2CCN(S(=O)(=O)c3ccc4ccccc4c3)CC2)CC1. The molecule has 7 nitrogen and oxygen atoms in total.